The predicted molar refractivity (Wildman–Crippen MR) is 113 cm³/mol. The molecule has 0 aromatic carbocycles. The molecule has 174 valence electrons. The lowest BCUT2D eigenvalue weighted by Crippen LogP contribution is -2.70. The number of carbonyl (C=O) groups is 4. The number of aldehydes is 1. The first-order chi connectivity index (χ1) is 14.9. The molecule has 0 saturated heterocycles. The van der Waals surface area contributed by atoms with Gasteiger partial charge in [-0.05, 0) is 50.7 Å². The second kappa shape index (κ2) is 7.17. The van der Waals surface area contributed by atoms with Crippen molar-refractivity contribution in [1.29, 1.82) is 0 Å². The SMILES string of the molecule is CCC(=O)OC1(C(=O)C=O)C(C)CC2C3CCC4=CC(=O)C=CC4(C)C3(F)C(O)CC21C. The van der Waals surface area contributed by atoms with Gasteiger partial charge in [-0.2, -0.15) is 0 Å². The van der Waals surface area contributed by atoms with Gasteiger partial charge in [0, 0.05) is 29.1 Å². The Kier molecular flexibility index (Phi) is 5.16. The van der Waals surface area contributed by atoms with E-state index in [1.54, 1.807) is 33.8 Å². The third kappa shape index (κ3) is 2.54. The van der Waals surface area contributed by atoms with Crippen LogP contribution >= 0.6 is 0 Å². The normalized spacial score (nSPS) is 47.1. The number of hydrogen-bond acceptors (Lipinski definition) is 6. The molecule has 6 nitrogen and oxygen atoms in total. The van der Waals surface area contributed by atoms with Crippen molar-refractivity contribution in [3.63, 3.8) is 0 Å². The van der Waals surface area contributed by atoms with Gasteiger partial charge in [-0.25, -0.2) is 4.39 Å². The molecule has 3 saturated carbocycles. The first-order valence-corrected chi connectivity index (χ1v) is 11.4. The van der Waals surface area contributed by atoms with E-state index in [4.69, 9.17) is 4.74 Å². The lowest BCUT2D eigenvalue weighted by Gasteiger charge is -2.62. The minimum atomic E-state index is -2.05. The van der Waals surface area contributed by atoms with E-state index < -0.39 is 51.8 Å². The molecule has 8 unspecified atom stereocenters. The Morgan fingerprint density at radius 1 is 1.31 bits per heavy atom. The minimum absolute atomic E-state index is 0.0332. The molecule has 0 spiro atoms. The van der Waals surface area contributed by atoms with Crippen LogP contribution in [0.2, 0.25) is 0 Å². The molecule has 0 aromatic heterocycles. The minimum Gasteiger partial charge on any atom is -0.450 e. The van der Waals surface area contributed by atoms with Crippen LogP contribution in [0.4, 0.5) is 4.39 Å². The molecule has 7 heteroatoms. The first-order valence-electron chi connectivity index (χ1n) is 11.4. The summed E-state index contributed by atoms with van der Waals surface area (Å²) in [5.74, 6) is -3.14. The van der Waals surface area contributed by atoms with Gasteiger partial charge in [0.25, 0.3) is 0 Å². The molecule has 0 heterocycles. The van der Waals surface area contributed by atoms with Gasteiger partial charge in [0.1, 0.15) is 0 Å². The fraction of sp³-hybridized carbons (Fsp3) is 0.680. The summed E-state index contributed by atoms with van der Waals surface area (Å²) in [5, 5.41) is 11.3. The summed E-state index contributed by atoms with van der Waals surface area (Å²) in [6.07, 6.45) is 4.32. The smallest absolute Gasteiger partial charge is 0.306 e. The summed E-state index contributed by atoms with van der Waals surface area (Å²) in [4.78, 5) is 49.1. The van der Waals surface area contributed by atoms with Gasteiger partial charge in [-0.15, -0.1) is 0 Å². The second-order valence-electron chi connectivity index (χ2n) is 10.4. The number of alkyl halides is 1. The van der Waals surface area contributed by atoms with Crippen LogP contribution in [0.25, 0.3) is 0 Å². The van der Waals surface area contributed by atoms with E-state index in [1.807, 2.05) is 0 Å². The number of ketones is 2. The average molecular weight is 447 g/mol. The summed E-state index contributed by atoms with van der Waals surface area (Å²) in [7, 11) is 0. The topological polar surface area (TPSA) is 97.7 Å². The van der Waals surface area contributed by atoms with E-state index in [1.165, 1.54) is 12.2 Å². The van der Waals surface area contributed by atoms with Crippen LogP contribution in [0.1, 0.15) is 59.8 Å². The van der Waals surface area contributed by atoms with Crippen molar-refractivity contribution in [2.24, 2.45) is 28.6 Å². The van der Waals surface area contributed by atoms with Crippen molar-refractivity contribution in [2.75, 3.05) is 0 Å². The molecule has 32 heavy (non-hydrogen) atoms. The number of hydrogen-bond donors (Lipinski definition) is 1. The number of halogens is 1. The highest BCUT2D eigenvalue weighted by atomic mass is 19.1. The lowest BCUT2D eigenvalue weighted by molar-refractivity contribution is -0.226. The van der Waals surface area contributed by atoms with E-state index in [0.717, 1.165) is 0 Å². The molecule has 0 aliphatic heterocycles. The number of aliphatic hydroxyl groups is 1. The standard InChI is InChI=1S/C25H31FO6/c1-5-21(31)32-25(20(30)13-27)14(2)10-18-17-7-6-15-11-16(28)8-9-22(15,3)24(17,26)19(29)12-23(18,25)4/h8-9,11,13-14,17-19,29H,5-7,10,12H2,1-4H3. The molecule has 0 radical (unpaired) electrons. The summed E-state index contributed by atoms with van der Waals surface area (Å²) < 4.78 is 22.9. The van der Waals surface area contributed by atoms with Crippen LogP contribution < -0.4 is 0 Å². The Morgan fingerprint density at radius 2 is 2.00 bits per heavy atom. The van der Waals surface area contributed by atoms with Crippen LogP contribution in [-0.2, 0) is 23.9 Å². The van der Waals surface area contributed by atoms with E-state index in [2.05, 4.69) is 0 Å². The molecule has 1 N–H and O–H groups in total. The number of carbonyl (C=O) groups excluding carboxylic acids is 4. The lowest BCUT2D eigenvalue weighted by atomic mass is 9.44. The highest BCUT2D eigenvalue weighted by molar-refractivity contribution is 6.29. The van der Waals surface area contributed by atoms with Crippen molar-refractivity contribution >= 4 is 23.8 Å². The molecule has 3 fully saturated rings. The Bertz CT molecular complexity index is 954. The van der Waals surface area contributed by atoms with Crippen molar-refractivity contribution in [3.05, 3.63) is 23.8 Å². The maximum atomic E-state index is 17.1. The Balaban J connectivity index is 1.86. The van der Waals surface area contributed by atoms with Crippen LogP contribution in [0.5, 0.6) is 0 Å². The third-order valence-corrected chi connectivity index (χ3v) is 9.22. The quantitative estimate of drug-likeness (QED) is 0.405. The molecular formula is C25H31FO6. The summed E-state index contributed by atoms with van der Waals surface area (Å²) in [6.45, 7) is 6.84. The van der Waals surface area contributed by atoms with Crippen molar-refractivity contribution in [3.8, 4) is 0 Å². The molecule has 0 bridgehead atoms. The fourth-order valence-corrected chi connectivity index (χ4v) is 7.66. The van der Waals surface area contributed by atoms with Gasteiger partial charge >= 0.3 is 5.97 Å². The summed E-state index contributed by atoms with van der Waals surface area (Å²) in [6, 6.07) is 0. The first kappa shape index (κ1) is 23.0. The second-order valence-corrected chi connectivity index (χ2v) is 10.4. The largest absolute Gasteiger partial charge is 0.450 e. The van der Waals surface area contributed by atoms with Crippen molar-refractivity contribution < 1.29 is 33.4 Å². The van der Waals surface area contributed by atoms with Crippen molar-refractivity contribution in [2.45, 2.75) is 77.2 Å². The highest BCUT2D eigenvalue weighted by Gasteiger charge is 2.77. The van der Waals surface area contributed by atoms with Gasteiger partial charge in [0.2, 0.25) is 5.78 Å². The number of fused-ring (bicyclic) bond motifs is 5. The van der Waals surface area contributed by atoms with E-state index in [9.17, 15) is 24.3 Å². The van der Waals surface area contributed by atoms with Gasteiger partial charge in [-0.3, -0.25) is 19.2 Å². The Hall–Kier alpha value is -2.15. The summed E-state index contributed by atoms with van der Waals surface area (Å²) >= 11 is 0. The molecule has 8 atom stereocenters. The summed E-state index contributed by atoms with van der Waals surface area (Å²) in [5.41, 5.74) is -5.35. The van der Waals surface area contributed by atoms with Gasteiger partial charge in [-0.1, -0.05) is 32.4 Å². The number of Topliss-reactive ketones (excluding diaryl/α,β-unsaturated/α-hetero) is 1. The molecule has 4 aliphatic rings. The number of aliphatic hydroxyl groups excluding tert-OH is 1. The Labute approximate surface area is 187 Å². The molecular weight excluding hydrogens is 415 g/mol. The zero-order valence-corrected chi connectivity index (χ0v) is 19.0. The van der Waals surface area contributed by atoms with Crippen molar-refractivity contribution in [1.82, 2.24) is 0 Å². The maximum Gasteiger partial charge on any atom is 0.306 e. The highest BCUT2D eigenvalue weighted by Crippen LogP contribution is 2.71. The fourth-order valence-electron chi connectivity index (χ4n) is 7.66. The molecule has 4 aliphatic carbocycles. The van der Waals surface area contributed by atoms with E-state index in [-0.39, 0.29) is 30.8 Å². The van der Waals surface area contributed by atoms with E-state index >= 15 is 4.39 Å². The maximum absolute atomic E-state index is 17.1. The zero-order valence-electron chi connectivity index (χ0n) is 19.0. The third-order valence-electron chi connectivity index (χ3n) is 9.22. The Morgan fingerprint density at radius 3 is 2.62 bits per heavy atom. The van der Waals surface area contributed by atoms with Crippen LogP contribution in [0.15, 0.2) is 23.8 Å². The number of allylic oxidation sites excluding steroid dienone is 4. The van der Waals surface area contributed by atoms with Crippen LogP contribution in [0, 0.1) is 28.6 Å². The van der Waals surface area contributed by atoms with Crippen LogP contribution in [-0.4, -0.2) is 46.3 Å². The number of ether oxygens (including phenoxy) is 1. The molecule has 0 aromatic rings. The average Bonchev–Trinajstić information content (AvgIpc) is 2.96. The molecule has 4 rings (SSSR count). The van der Waals surface area contributed by atoms with Crippen LogP contribution in [0.3, 0.4) is 0 Å². The van der Waals surface area contributed by atoms with Gasteiger partial charge in [0.05, 0.1) is 6.10 Å². The van der Waals surface area contributed by atoms with E-state index in [0.29, 0.717) is 24.8 Å². The van der Waals surface area contributed by atoms with Gasteiger partial charge < -0.3 is 9.84 Å². The monoisotopic (exact) mass is 446 g/mol. The molecule has 0 amide bonds. The number of rotatable bonds is 4. The van der Waals surface area contributed by atoms with Gasteiger partial charge in [0.15, 0.2) is 23.3 Å². The number of esters is 1. The predicted octanol–water partition coefficient (Wildman–Crippen LogP) is 3.06. The zero-order chi connectivity index (χ0) is 23.7.